The minimum atomic E-state index is 0.757. The number of hydrogen-bond donors (Lipinski definition) is 0. The van der Waals surface area contributed by atoms with Gasteiger partial charge in [-0.15, -0.1) is 0 Å². The van der Waals surface area contributed by atoms with E-state index in [-0.39, 0.29) is 0 Å². The van der Waals surface area contributed by atoms with Crippen LogP contribution in [0, 0.1) is 6.92 Å². The minimum absolute atomic E-state index is 0.757. The molecule has 3 aromatic rings. The molecule has 0 radical (unpaired) electrons. The van der Waals surface area contributed by atoms with E-state index in [1.807, 2.05) is 42.6 Å². The number of anilines is 1. The fraction of sp³-hybridized carbons (Fsp3) is 0.176. The molecule has 2 aromatic heterocycles. The van der Waals surface area contributed by atoms with Crippen LogP contribution in [0.3, 0.4) is 0 Å². The number of benzene rings is 1. The summed E-state index contributed by atoms with van der Waals surface area (Å²) in [5.74, 6) is 1.01. The Hall–Kier alpha value is -2.42. The van der Waals surface area contributed by atoms with Gasteiger partial charge >= 0.3 is 0 Å². The first-order chi connectivity index (χ1) is 9.74. The van der Waals surface area contributed by atoms with Crippen molar-refractivity contribution in [1.29, 1.82) is 0 Å². The third kappa shape index (κ3) is 2.48. The van der Waals surface area contributed by atoms with Gasteiger partial charge in [0, 0.05) is 18.6 Å². The lowest BCUT2D eigenvalue weighted by Crippen LogP contribution is -2.19. The van der Waals surface area contributed by atoms with E-state index in [0.29, 0.717) is 0 Å². The Kier molecular flexibility index (Phi) is 3.33. The zero-order chi connectivity index (χ0) is 13.9. The van der Waals surface area contributed by atoms with Gasteiger partial charge in [0.05, 0.1) is 17.8 Å². The summed E-state index contributed by atoms with van der Waals surface area (Å²) in [6, 6.07) is 16.4. The molecule has 20 heavy (non-hydrogen) atoms. The van der Waals surface area contributed by atoms with Gasteiger partial charge in [-0.1, -0.05) is 24.3 Å². The second kappa shape index (κ2) is 5.29. The Morgan fingerprint density at radius 3 is 2.65 bits per heavy atom. The van der Waals surface area contributed by atoms with Crippen molar-refractivity contribution in [3.63, 3.8) is 0 Å². The normalized spacial score (nSPS) is 10.7. The van der Waals surface area contributed by atoms with Crippen molar-refractivity contribution in [1.82, 2.24) is 9.97 Å². The summed E-state index contributed by atoms with van der Waals surface area (Å²) in [6.07, 6.45) is 1.82. The SMILES string of the molecule is Cc1cc2ccccc2nc1N(C)Cc1ccccn1. The molecule has 100 valence electrons. The lowest BCUT2D eigenvalue weighted by atomic mass is 10.1. The van der Waals surface area contributed by atoms with Crippen molar-refractivity contribution in [2.75, 3.05) is 11.9 Å². The Labute approximate surface area is 118 Å². The van der Waals surface area contributed by atoms with E-state index >= 15 is 0 Å². The van der Waals surface area contributed by atoms with Crippen LogP contribution >= 0.6 is 0 Å². The molecule has 0 aliphatic carbocycles. The highest BCUT2D eigenvalue weighted by Crippen LogP contribution is 2.22. The van der Waals surface area contributed by atoms with Crippen LogP contribution in [-0.2, 0) is 6.54 Å². The molecule has 3 rings (SSSR count). The summed E-state index contributed by atoms with van der Waals surface area (Å²) in [7, 11) is 2.05. The molecular formula is C17H17N3. The van der Waals surface area contributed by atoms with Crippen molar-refractivity contribution < 1.29 is 0 Å². The van der Waals surface area contributed by atoms with Gasteiger partial charge in [0.25, 0.3) is 0 Å². The maximum Gasteiger partial charge on any atom is 0.132 e. The first-order valence-electron chi connectivity index (χ1n) is 6.71. The first kappa shape index (κ1) is 12.6. The second-order valence-corrected chi connectivity index (χ2v) is 5.00. The summed E-state index contributed by atoms with van der Waals surface area (Å²) in [5.41, 5.74) is 3.26. The number of aryl methyl sites for hydroxylation is 1. The van der Waals surface area contributed by atoms with Crippen LogP contribution in [0.5, 0.6) is 0 Å². The maximum atomic E-state index is 4.77. The lowest BCUT2D eigenvalue weighted by molar-refractivity contribution is 0.864. The number of pyridine rings is 2. The van der Waals surface area contributed by atoms with E-state index < -0.39 is 0 Å². The van der Waals surface area contributed by atoms with Gasteiger partial charge in [-0.25, -0.2) is 4.98 Å². The Morgan fingerprint density at radius 1 is 1.05 bits per heavy atom. The van der Waals surface area contributed by atoms with E-state index in [9.17, 15) is 0 Å². The van der Waals surface area contributed by atoms with Crippen LogP contribution < -0.4 is 4.90 Å². The maximum absolute atomic E-state index is 4.77. The number of aromatic nitrogens is 2. The van der Waals surface area contributed by atoms with Crippen molar-refractivity contribution in [2.24, 2.45) is 0 Å². The van der Waals surface area contributed by atoms with Crippen LogP contribution in [-0.4, -0.2) is 17.0 Å². The molecule has 0 aliphatic rings. The molecule has 2 heterocycles. The van der Waals surface area contributed by atoms with Crippen LogP contribution in [0.1, 0.15) is 11.3 Å². The third-order valence-corrected chi connectivity index (χ3v) is 3.37. The zero-order valence-electron chi connectivity index (χ0n) is 11.7. The number of fused-ring (bicyclic) bond motifs is 1. The predicted octanol–water partition coefficient (Wildman–Crippen LogP) is 3.57. The molecule has 0 saturated carbocycles. The highest BCUT2D eigenvalue weighted by atomic mass is 15.2. The largest absolute Gasteiger partial charge is 0.354 e. The molecule has 0 atom stereocenters. The van der Waals surface area contributed by atoms with Crippen LogP contribution in [0.15, 0.2) is 54.7 Å². The minimum Gasteiger partial charge on any atom is -0.354 e. The van der Waals surface area contributed by atoms with Crippen molar-refractivity contribution in [3.05, 3.63) is 66.0 Å². The van der Waals surface area contributed by atoms with Crippen molar-refractivity contribution in [3.8, 4) is 0 Å². The molecule has 0 unspecified atom stereocenters. The average molecular weight is 263 g/mol. The predicted molar refractivity (Wildman–Crippen MR) is 82.8 cm³/mol. The molecule has 0 spiro atoms. The summed E-state index contributed by atoms with van der Waals surface area (Å²) in [4.78, 5) is 11.3. The zero-order valence-corrected chi connectivity index (χ0v) is 11.7. The summed E-state index contributed by atoms with van der Waals surface area (Å²) in [6.45, 7) is 2.86. The molecule has 0 saturated heterocycles. The monoisotopic (exact) mass is 263 g/mol. The average Bonchev–Trinajstić information content (AvgIpc) is 2.47. The van der Waals surface area contributed by atoms with Gasteiger partial charge < -0.3 is 4.90 Å². The molecule has 0 aliphatic heterocycles. The van der Waals surface area contributed by atoms with E-state index in [4.69, 9.17) is 4.98 Å². The molecule has 0 bridgehead atoms. The standard InChI is InChI=1S/C17H17N3/c1-13-11-14-7-3-4-9-16(14)19-17(13)20(2)12-15-8-5-6-10-18-15/h3-11H,12H2,1-2H3. The van der Waals surface area contributed by atoms with Crippen LogP contribution in [0.25, 0.3) is 10.9 Å². The van der Waals surface area contributed by atoms with Gasteiger partial charge in [-0.3, -0.25) is 4.98 Å². The second-order valence-electron chi connectivity index (χ2n) is 5.00. The lowest BCUT2D eigenvalue weighted by Gasteiger charge is -2.20. The summed E-state index contributed by atoms with van der Waals surface area (Å²) < 4.78 is 0. The van der Waals surface area contributed by atoms with Crippen molar-refractivity contribution in [2.45, 2.75) is 13.5 Å². The highest BCUT2D eigenvalue weighted by Gasteiger charge is 2.09. The fourth-order valence-electron chi connectivity index (χ4n) is 2.41. The highest BCUT2D eigenvalue weighted by molar-refractivity contribution is 5.81. The summed E-state index contributed by atoms with van der Waals surface area (Å²) >= 11 is 0. The molecule has 0 N–H and O–H groups in total. The van der Waals surface area contributed by atoms with Gasteiger partial charge in [-0.05, 0) is 36.8 Å². The van der Waals surface area contributed by atoms with E-state index in [1.54, 1.807) is 0 Å². The molecule has 0 amide bonds. The molecule has 1 aromatic carbocycles. The van der Waals surface area contributed by atoms with Gasteiger partial charge in [-0.2, -0.15) is 0 Å². The van der Waals surface area contributed by atoms with Crippen LogP contribution in [0.4, 0.5) is 5.82 Å². The molecule has 3 nitrogen and oxygen atoms in total. The van der Waals surface area contributed by atoms with Gasteiger partial charge in [0.15, 0.2) is 0 Å². The number of rotatable bonds is 3. The third-order valence-electron chi connectivity index (χ3n) is 3.37. The molecule has 3 heteroatoms. The van der Waals surface area contributed by atoms with Gasteiger partial charge in [0.2, 0.25) is 0 Å². The summed E-state index contributed by atoms with van der Waals surface area (Å²) in [5, 5.41) is 1.18. The van der Waals surface area contributed by atoms with E-state index in [0.717, 1.165) is 23.6 Å². The van der Waals surface area contributed by atoms with Crippen molar-refractivity contribution >= 4 is 16.7 Å². The topological polar surface area (TPSA) is 29.0 Å². The molecule has 0 fully saturated rings. The Morgan fingerprint density at radius 2 is 1.85 bits per heavy atom. The van der Waals surface area contributed by atoms with Crippen LogP contribution in [0.2, 0.25) is 0 Å². The number of hydrogen-bond acceptors (Lipinski definition) is 3. The first-order valence-corrected chi connectivity index (χ1v) is 6.71. The number of para-hydroxylation sites is 1. The number of nitrogens with zero attached hydrogens (tertiary/aromatic N) is 3. The quantitative estimate of drug-likeness (QED) is 0.723. The Balaban J connectivity index is 1.95. The van der Waals surface area contributed by atoms with E-state index in [1.165, 1.54) is 10.9 Å². The Bertz CT molecular complexity index is 723. The van der Waals surface area contributed by atoms with Gasteiger partial charge in [0.1, 0.15) is 5.82 Å². The fourth-order valence-corrected chi connectivity index (χ4v) is 2.41. The molecular weight excluding hydrogens is 246 g/mol. The smallest absolute Gasteiger partial charge is 0.132 e. The van der Waals surface area contributed by atoms with E-state index in [2.05, 4.69) is 36.0 Å².